The second-order valence-electron chi connectivity index (χ2n) is 9.94. The SMILES string of the molecule is COc1ccc(CNC(=O)NC2CC3(C2)CN(C(=O)C(C)(C)c2cccc(C)c2)C3)cc1. The third kappa shape index (κ3) is 4.45. The molecule has 2 fully saturated rings. The lowest BCUT2D eigenvalue weighted by atomic mass is 9.60. The maximum Gasteiger partial charge on any atom is 0.315 e. The van der Waals surface area contributed by atoms with E-state index in [9.17, 15) is 9.59 Å². The van der Waals surface area contributed by atoms with Crippen molar-refractivity contribution < 1.29 is 14.3 Å². The van der Waals surface area contributed by atoms with Gasteiger partial charge in [0, 0.05) is 31.1 Å². The van der Waals surface area contributed by atoms with Crippen LogP contribution < -0.4 is 15.4 Å². The van der Waals surface area contributed by atoms with Crippen LogP contribution in [-0.2, 0) is 16.8 Å². The number of amides is 3. The van der Waals surface area contributed by atoms with E-state index < -0.39 is 5.41 Å². The molecule has 0 radical (unpaired) electrons. The fourth-order valence-electron chi connectivity index (χ4n) is 4.97. The zero-order valence-electron chi connectivity index (χ0n) is 19.4. The molecule has 1 aliphatic heterocycles. The highest BCUT2D eigenvalue weighted by molar-refractivity contribution is 5.88. The molecule has 6 nitrogen and oxygen atoms in total. The minimum atomic E-state index is -0.531. The summed E-state index contributed by atoms with van der Waals surface area (Å²) in [5.41, 5.74) is 2.89. The average Bonchev–Trinajstić information content (AvgIpc) is 2.72. The number of benzene rings is 2. The molecule has 0 aromatic heterocycles. The van der Waals surface area contributed by atoms with Crippen LogP contribution in [0.3, 0.4) is 0 Å². The van der Waals surface area contributed by atoms with E-state index in [2.05, 4.69) is 29.7 Å². The van der Waals surface area contributed by atoms with Gasteiger partial charge in [0.2, 0.25) is 5.91 Å². The summed E-state index contributed by atoms with van der Waals surface area (Å²) in [5.74, 6) is 0.982. The lowest BCUT2D eigenvalue weighted by Gasteiger charge is -2.60. The molecule has 2 N–H and O–H groups in total. The fourth-order valence-corrected chi connectivity index (χ4v) is 4.97. The number of aryl methyl sites for hydroxylation is 1. The number of rotatable bonds is 6. The molecule has 0 atom stereocenters. The molecular formula is C26H33N3O3. The molecule has 1 aliphatic carbocycles. The van der Waals surface area contributed by atoms with Gasteiger partial charge in [-0.15, -0.1) is 0 Å². The molecule has 0 unspecified atom stereocenters. The molecule has 2 aromatic carbocycles. The maximum absolute atomic E-state index is 13.1. The minimum Gasteiger partial charge on any atom is -0.497 e. The predicted molar refractivity (Wildman–Crippen MR) is 125 cm³/mol. The average molecular weight is 436 g/mol. The summed E-state index contributed by atoms with van der Waals surface area (Å²) < 4.78 is 5.15. The van der Waals surface area contributed by atoms with Gasteiger partial charge in [0.15, 0.2) is 0 Å². The topological polar surface area (TPSA) is 70.7 Å². The zero-order valence-corrected chi connectivity index (χ0v) is 19.4. The monoisotopic (exact) mass is 435 g/mol. The highest BCUT2D eigenvalue weighted by Crippen LogP contribution is 2.49. The summed E-state index contributed by atoms with van der Waals surface area (Å²) in [4.78, 5) is 27.4. The van der Waals surface area contributed by atoms with E-state index in [1.54, 1.807) is 7.11 Å². The van der Waals surface area contributed by atoms with Crippen molar-refractivity contribution in [2.45, 2.75) is 51.6 Å². The first-order valence-corrected chi connectivity index (χ1v) is 11.2. The van der Waals surface area contributed by atoms with Gasteiger partial charge in [-0.25, -0.2) is 4.79 Å². The third-order valence-electron chi connectivity index (χ3n) is 6.92. The highest BCUT2D eigenvalue weighted by atomic mass is 16.5. The molecule has 0 bridgehead atoms. The molecule has 3 amide bonds. The molecule has 4 rings (SSSR count). The van der Waals surface area contributed by atoms with Crippen LogP contribution in [0.5, 0.6) is 5.75 Å². The smallest absolute Gasteiger partial charge is 0.315 e. The number of ether oxygens (including phenoxy) is 1. The van der Waals surface area contributed by atoms with Crippen LogP contribution >= 0.6 is 0 Å². The Morgan fingerprint density at radius 1 is 1.12 bits per heavy atom. The number of carbonyl (C=O) groups excluding carboxylic acids is 2. The summed E-state index contributed by atoms with van der Waals surface area (Å²) in [7, 11) is 1.63. The van der Waals surface area contributed by atoms with E-state index in [-0.39, 0.29) is 23.4 Å². The van der Waals surface area contributed by atoms with Gasteiger partial charge in [-0.05, 0) is 56.9 Å². The molecule has 1 saturated carbocycles. The van der Waals surface area contributed by atoms with Gasteiger partial charge >= 0.3 is 6.03 Å². The van der Waals surface area contributed by atoms with Gasteiger partial charge < -0.3 is 20.3 Å². The number of hydrogen-bond acceptors (Lipinski definition) is 3. The first-order chi connectivity index (χ1) is 15.2. The number of urea groups is 1. The van der Waals surface area contributed by atoms with E-state index in [4.69, 9.17) is 4.74 Å². The summed E-state index contributed by atoms with van der Waals surface area (Å²) >= 11 is 0. The van der Waals surface area contributed by atoms with Crippen molar-refractivity contribution in [2.75, 3.05) is 20.2 Å². The number of carbonyl (C=O) groups is 2. The van der Waals surface area contributed by atoms with Crippen LogP contribution in [0.4, 0.5) is 4.79 Å². The van der Waals surface area contributed by atoms with Gasteiger partial charge in [0.1, 0.15) is 5.75 Å². The first-order valence-electron chi connectivity index (χ1n) is 11.2. The normalized spacial score (nSPS) is 17.3. The van der Waals surface area contributed by atoms with E-state index in [0.29, 0.717) is 6.54 Å². The summed E-state index contributed by atoms with van der Waals surface area (Å²) in [5, 5.41) is 5.97. The molecule has 1 spiro atoms. The van der Waals surface area contributed by atoms with Crippen LogP contribution in [0.15, 0.2) is 48.5 Å². The van der Waals surface area contributed by atoms with E-state index >= 15 is 0 Å². The largest absolute Gasteiger partial charge is 0.497 e. The Labute approximate surface area is 190 Å². The van der Waals surface area contributed by atoms with Crippen molar-refractivity contribution >= 4 is 11.9 Å². The summed E-state index contributed by atoms with van der Waals surface area (Å²) in [6.07, 6.45) is 1.86. The van der Waals surface area contributed by atoms with Crippen molar-refractivity contribution in [1.82, 2.24) is 15.5 Å². The van der Waals surface area contributed by atoms with Crippen molar-refractivity contribution in [1.29, 1.82) is 0 Å². The Morgan fingerprint density at radius 2 is 1.81 bits per heavy atom. The van der Waals surface area contributed by atoms with Crippen LogP contribution in [0.2, 0.25) is 0 Å². The van der Waals surface area contributed by atoms with Gasteiger partial charge in [0.05, 0.1) is 12.5 Å². The van der Waals surface area contributed by atoms with Crippen molar-refractivity contribution in [3.05, 3.63) is 65.2 Å². The quantitative estimate of drug-likeness (QED) is 0.726. The molecule has 6 heteroatoms. The van der Waals surface area contributed by atoms with E-state index in [1.807, 2.05) is 55.1 Å². The van der Waals surface area contributed by atoms with Crippen molar-refractivity contribution in [3.8, 4) is 5.75 Å². The van der Waals surface area contributed by atoms with Crippen LogP contribution in [0, 0.1) is 12.3 Å². The van der Waals surface area contributed by atoms with Crippen molar-refractivity contribution in [2.24, 2.45) is 5.41 Å². The Hall–Kier alpha value is -3.02. The van der Waals surface area contributed by atoms with E-state index in [1.165, 1.54) is 5.56 Å². The van der Waals surface area contributed by atoms with Crippen LogP contribution in [-0.4, -0.2) is 43.1 Å². The third-order valence-corrected chi connectivity index (χ3v) is 6.92. The predicted octanol–water partition coefficient (Wildman–Crippen LogP) is 3.77. The lowest BCUT2D eigenvalue weighted by Crippen LogP contribution is -2.69. The Kier molecular flexibility index (Phi) is 5.89. The molecule has 2 aliphatic rings. The number of methoxy groups -OCH3 is 1. The Morgan fingerprint density at radius 3 is 2.44 bits per heavy atom. The highest BCUT2D eigenvalue weighted by Gasteiger charge is 2.55. The maximum atomic E-state index is 13.1. The Bertz CT molecular complexity index is 986. The molecular weight excluding hydrogens is 402 g/mol. The number of nitrogens with one attached hydrogen (secondary N) is 2. The second kappa shape index (κ2) is 8.49. The van der Waals surface area contributed by atoms with Gasteiger partial charge in [-0.3, -0.25) is 4.79 Å². The van der Waals surface area contributed by atoms with E-state index in [0.717, 1.165) is 42.8 Å². The standard InChI is InChI=1S/C26H33N3O3/c1-18-6-5-7-20(12-18)25(2,3)23(30)29-16-26(17-29)13-21(14-26)28-24(31)27-15-19-8-10-22(32-4)11-9-19/h5-12,21H,13-17H2,1-4H3,(H2,27,28,31). The Balaban J connectivity index is 1.20. The minimum absolute atomic E-state index is 0.145. The number of nitrogens with zero attached hydrogens (tertiary/aromatic N) is 1. The summed E-state index contributed by atoms with van der Waals surface area (Å²) in [6.45, 7) is 8.11. The first kappa shape index (κ1) is 22.2. The van der Waals surface area contributed by atoms with Gasteiger partial charge in [-0.2, -0.15) is 0 Å². The molecule has 170 valence electrons. The number of likely N-dealkylation sites (tertiary alicyclic amines) is 1. The van der Waals surface area contributed by atoms with Crippen LogP contribution in [0.25, 0.3) is 0 Å². The van der Waals surface area contributed by atoms with Crippen LogP contribution in [0.1, 0.15) is 43.4 Å². The molecule has 1 saturated heterocycles. The molecule has 2 aromatic rings. The fraction of sp³-hybridized carbons (Fsp3) is 0.462. The zero-order chi connectivity index (χ0) is 22.9. The number of hydrogen-bond donors (Lipinski definition) is 2. The van der Waals surface area contributed by atoms with Gasteiger partial charge in [-0.1, -0.05) is 42.0 Å². The molecule has 1 heterocycles. The molecule has 32 heavy (non-hydrogen) atoms. The second-order valence-corrected chi connectivity index (χ2v) is 9.94. The van der Waals surface area contributed by atoms with Gasteiger partial charge in [0.25, 0.3) is 0 Å². The lowest BCUT2D eigenvalue weighted by molar-refractivity contribution is -0.157. The van der Waals surface area contributed by atoms with Crippen molar-refractivity contribution in [3.63, 3.8) is 0 Å². The summed E-state index contributed by atoms with van der Waals surface area (Å²) in [6, 6.07) is 15.9.